The number of ketones is 1. The molecule has 1 aliphatic heterocycles. The minimum Gasteiger partial charge on any atom is -0.462 e. The number of rotatable bonds is 4. The molecular formula is C29H47NO3. The zero-order valence-corrected chi connectivity index (χ0v) is 21.6. The number of carbonyl (C=O) groups is 2. The summed E-state index contributed by atoms with van der Waals surface area (Å²) in [5.74, 6) is 4.81. The standard InChI is InChI=1S/C29H47NO3/c1-19-15-20(2)18-30(17-19)14-11-27(32)33-26-8-7-24-23-6-5-21-16-22(31)9-12-28(21,3)25(23)10-13-29(24,26)4/h19-21,23-26H,5-18H2,1-4H3/t19?,20?,21?,23-,24-,25-,26?,28-,29-/m0/s1. The molecule has 4 saturated carbocycles. The zero-order valence-electron chi connectivity index (χ0n) is 21.6. The average molecular weight is 458 g/mol. The van der Waals surface area contributed by atoms with Gasteiger partial charge >= 0.3 is 5.97 Å². The summed E-state index contributed by atoms with van der Waals surface area (Å²) >= 11 is 0. The fourth-order valence-electron chi connectivity index (χ4n) is 9.63. The van der Waals surface area contributed by atoms with Crippen molar-refractivity contribution in [2.45, 2.75) is 104 Å². The molecule has 9 atom stereocenters. The smallest absolute Gasteiger partial charge is 0.307 e. The molecule has 4 aliphatic carbocycles. The second kappa shape index (κ2) is 8.95. The first-order valence-electron chi connectivity index (χ1n) is 14.1. The monoisotopic (exact) mass is 457 g/mol. The molecule has 0 aromatic heterocycles. The Morgan fingerprint density at radius 3 is 2.45 bits per heavy atom. The van der Waals surface area contributed by atoms with E-state index in [1.807, 2.05) is 0 Å². The third kappa shape index (κ3) is 4.32. The SMILES string of the molecule is CC1CC(C)CN(CCC(=O)OC2CC[C@H]3[C@@H]4CCC5CC(=O)CC[C@]5(C)[C@H]4CC[C@]23C)C1. The van der Waals surface area contributed by atoms with Gasteiger partial charge in [0.25, 0.3) is 0 Å². The fraction of sp³-hybridized carbons (Fsp3) is 0.931. The molecule has 0 N–H and O–H groups in total. The number of ether oxygens (including phenoxy) is 1. The van der Waals surface area contributed by atoms with Gasteiger partial charge in [-0.05, 0) is 92.3 Å². The summed E-state index contributed by atoms with van der Waals surface area (Å²) < 4.78 is 6.24. The minimum atomic E-state index is 0.0244. The van der Waals surface area contributed by atoms with E-state index >= 15 is 0 Å². The lowest BCUT2D eigenvalue weighted by atomic mass is 9.45. The van der Waals surface area contributed by atoms with Crippen LogP contribution in [-0.2, 0) is 14.3 Å². The van der Waals surface area contributed by atoms with Gasteiger partial charge in [-0.15, -0.1) is 0 Å². The largest absolute Gasteiger partial charge is 0.462 e. The topological polar surface area (TPSA) is 46.6 Å². The minimum absolute atomic E-state index is 0.0244. The summed E-state index contributed by atoms with van der Waals surface area (Å²) in [6.45, 7) is 12.7. The molecule has 4 heteroatoms. The normalized spacial score (nSPS) is 48.0. The molecule has 0 amide bonds. The molecular weight excluding hydrogens is 410 g/mol. The van der Waals surface area contributed by atoms with E-state index in [-0.39, 0.29) is 17.5 Å². The van der Waals surface area contributed by atoms with Crippen molar-refractivity contribution >= 4 is 11.8 Å². The molecule has 5 rings (SSSR count). The second-order valence-electron chi connectivity index (χ2n) is 13.5. The van der Waals surface area contributed by atoms with Gasteiger partial charge in [0, 0.05) is 37.9 Å². The van der Waals surface area contributed by atoms with E-state index in [2.05, 4.69) is 32.6 Å². The highest BCUT2D eigenvalue weighted by molar-refractivity contribution is 5.79. The highest BCUT2D eigenvalue weighted by Crippen LogP contribution is 2.66. The summed E-state index contributed by atoms with van der Waals surface area (Å²) in [6.07, 6.45) is 11.9. The molecule has 5 aliphatic rings. The molecule has 4 unspecified atom stereocenters. The molecule has 1 saturated heterocycles. The van der Waals surface area contributed by atoms with Crippen LogP contribution in [0.2, 0.25) is 0 Å². The average Bonchev–Trinajstić information content (AvgIpc) is 3.08. The van der Waals surface area contributed by atoms with Crippen molar-refractivity contribution in [3.63, 3.8) is 0 Å². The van der Waals surface area contributed by atoms with Gasteiger partial charge in [-0.3, -0.25) is 9.59 Å². The maximum absolute atomic E-state index is 12.9. The van der Waals surface area contributed by atoms with Gasteiger partial charge in [-0.25, -0.2) is 0 Å². The van der Waals surface area contributed by atoms with Crippen LogP contribution in [0.3, 0.4) is 0 Å². The highest BCUT2D eigenvalue weighted by Gasteiger charge is 2.61. The quantitative estimate of drug-likeness (QED) is 0.495. The van der Waals surface area contributed by atoms with Crippen LogP contribution in [-0.4, -0.2) is 42.4 Å². The van der Waals surface area contributed by atoms with E-state index in [1.54, 1.807) is 0 Å². The number of fused-ring (bicyclic) bond motifs is 5. The number of hydrogen-bond acceptors (Lipinski definition) is 4. The van der Waals surface area contributed by atoms with Crippen molar-refractivity contribution < 1.29 is 14.3 Å². The van der Waals surface area contributed by atoms with Crippen molar-refractivity contribution in [3.05, 3.63) is 0 Å². The lowest BCUT2D eigenvalue weighted by Gasteiger charge is -2.60. The van der Waals surface area contributed by atoms with Crippen molar-refractivity contribution in [1.29, 1.82) is 0 Å². The molecule has 4 nitrogen and oxygen atoms in total. The number of nitrogens with zero attached hydrogens (tertiary/aromatic N) is 1. The number of esters is 1. The number of piperidine rings is 1. The first-order chi connectivity index (χ1) is 15.7. The molecule has 0 radical (unpaired) electrons. The Labute approximate surface area is 201 Å². The number of Topliss-reactive ketones (excluding diaryl/α,β-unsaturated/α-hetero) is 1. The van der Waals surface area contributed by atoms with Crippen molar-refractivity contribution in [2.24, 2.45) is 46.3 Å². The summed E-state index contributed by atoms with van der Waals surface area (Å²) in [7, 11) is 0. The number of carbonyl (C=O) groups excluding carboxylic acids is 2. The first kappa shape index (κ1) is 23.8. The Balaban J connectivity index is 1.19. The van der Waals surface area contributed by atoms with E-state index in [9.17, 15) is 9.59 Å². The number of hydrogen-bond donors (Lipinski definition) is 0. The molecule has 1 heterocycles. The van der Waals surface area contributed by atoms with Crippen LogP contribution >= 0.6 is 0 Å². The van der Waals surface area contributed by atoms with Gasteiger partial charge in [0.1, 0.15) is 11.9 Å². The number of likely N-dealkylation sites (tertiary alicyclic amines) is 1. The third-order valence-corrected chi connectivity index (χ3v) is 11.2. The van der Waals surface area contributed by atoms with Crippen LogP contribution in [0, 0.1) is 46.3 Å². The molecule has 186 valence electrons. The molecule has 0 aromatic rings. The van der Waals surface area contributed by atoms with Crippen molar-refractivity contribution in [1.82, 2.24) is 4.90 Å². The van der Waals surface area contributed by atoms with Gasteiger partial charge < -0.3 is 9.64 Å². The summed E-state index contributed by atoms with van der Waals surface area (Å²) in [4.78, 5) is 27.5. The summed E-state index contributed by atoms with van der Waals surface area (Å²) in [5.41, 5.74) is 0.508. The van der Waals surface area contributed by atoms with Crippen LogP contribution in [0.4, 0.5) is 0 Å². The van der Waals surface area contributed by atoms with E-state index < -0.39 is 0 Å². The maximum Gasteiger partial charge on any atom is 0.307 e. The van der Waals surface area contributed by atoms with Crippen LogP contribution in [0.15, 0.2) is 0 Å². The van der Waals surface area contributed by atoms with E-state index in [1.165, 1.54) is 38.5 Å². The van der Waals surface area contributed by atoms with Crippen LogP contribution in [0.5, 0.6) is 0 Å². The van der Waals surface area contributed by atoms with Gasteiger partial charge in [0.15, 0.2) is 0 Å². The maximum atomic E-state index is 12.9. The van der Waals surface area contributed by atoms with Crippen molar-refractivity contribution in [2.75, 3.05) is 19.6 Å². The third-order valence-electron chi connectivity index (χ3n) is 11.2. The Hall–Kier alpha value is -0.900. The summed E-state index contributed by atoms with van der Waals surface area (Å²) in [5, 5.41) is 0. The Kier molecular flexibility index (Phi) is 6.46. The molecule has 0 bridgehead atoms. The molecule has 33 heavy (non-hydrogen) atoms. The second-order valence-corrected chi connectivity index (χ2v) is 13.5. The van der Waals surface area contributed by atoms with Gasteiger partial charge in [0.2, 0.25) is 0 Å². The van der Waals surface area contributed by atoms with Gasteiger partial charge in [-0.1, -0.05) is 27.7 Å². The van der Waals surface area contributed by atoms with Crippen molar-refractivity contribution in [3.8, 4) is 0 Å². The highest BCUT2D eigenvalue weighted by atomic mass is 16.5. The lowest BCUT2D eigenvalue weighted by molar-refractivity contribution is -0.164. The fourth-order valence-corrected chi connectivity index (χ4v) is 9.63. The first-order valence-corrected chi connectivity index (χ1v) is 14.1. The Bertz CT molecular complexity index is 756. The van der Waals surface area contributed by atoms with E-state index in [0.29, 0.717) is 29.5 Å². The van der Waals surface area contributed by atoms with Gasteiger partial charge in [0.05, 0.1) is 6.42 Å². The van der Waals surface area contributed by atoms with E-state index in [4.69, 9.17) is 4.74 Å². The van der Waals surface area contributed by atoms with Crippen LogP contribution in [0.1, 0.15) is 98.3 Å². The van der Waals surface area contributed by atoms with Crippen LogP contribution < -0.4 is 0 Å². The molecule has 5 fully saturated rings. The Morgan fingerprint density at radius 2 is 1.70 bits per heavy atom. The van der Waals surface area contributed by atoms with Crippen LogP contribution in [0.25, 0.3) is 0 Å². The Morgan fingerprint density at radius 1 is 0.970 bits per heavy atom. The molecule has 0 aromatic carbocycles. The van der Waals surface area contributed by atoms with E-state index in [0.717, 1.165) is 69.0 Å². The van der Waals surface area contributed by atoms with Gasteiger partial charge in [-0.2, -0.15) is 0 Å². The predicted octanol–water partition coefficient (Wildman–Crippen LogP) is 5.88. The summed E-state index contributed by atoms with van der Waals surface area (Å²) in [6, 6.07) is 0. The lowest BCUT2D eigenvalue weighted by Crippen LogP contribution is -2.54. The molecule has 0 spiro atoms. The predicted molar refractivity (Wildman–Crippen MR) is 131 cm³/mol. The zero-order chi connectivity index (χ0) is 23.4.